The molecule has 0 aromatic rings. The zero-order chi connectivity index (χ0) is 14.3. The van der Waals surface area contributed by atoms with E-state index in [1.54, 1.807) is 0 Å². The Hall–Kier alpha value is -0.820. The highest BCUT2D eigenvalue weighted by molar-refractivity contribution is 7.91. The Morgan fingerprint density at radius 1 is 1.37 bits per heavy atom. The van der Waals surface area contributed by atoms with Gasteiger partial charge in [-0.1, -0.05) is 24.9 Å². The van der Waals surface area contributed by atoms with Gasteiger partial charge in [0, 0.05) is 18.3 Å². The maximum atomic E-state index is 11.8. The van der Waals surface area contributed by atoms with Gasteiger partial charge in [0.2, 0.25) is 0 Å². The van der Waals surface area contributed by atoms with Crippen molar-refractivity contribution in [2.24, 2.45) is 10.9 Å². The molecule has 0 amide bonds. The number of amidine groups is 1. The van der Waals surface area contributed by atoms with Crippen molar-refractivity contribution in [3.8, 4) is 0 Å². The zero-order valence-corrected chi connectivity index (χ0v) is 12.4. The van der Waals surface area contributed by atoms with Crippen LogP contribution in [0.5, 0.6) is 0 Å². The molecular weight excluding hydrogens is 266 g/mol. The molecule has 1 fully saturated rings. The molecule has 1 aliphatic rings. The third-order valence-electron chi connectivity index (χ3n) is 3.54. The molecule has 0 spiro atoms. The number of sulfone groups is 1. The second kappa shape index (κ2) is 7.69. The lowest BCUT2D eigenvalue weighted by atomic mass is 10.2. The Balaban J connectivity index is 2.58. The Labute approximate surface area is 115 Å². The average Bonchev–Trinajstić information content (AvgIpc) is 2.87. The number of nitrogens with two attached hydrogens (primary N) is 1. The minimum atomic E-state index is -2.98. The summed E-state index contributed by atoms with van der Waals surface area (Å²) in [6, 6.07) is 0.358. The molecule has 1 rings (SSSR count). The highest BCUT2D eigenvalue weighted by Gasteiger charge is 2.24. The van der Waals surface area contributed by atoms with Crippen molar-refractivity contribution in [3.05, 3.63) is 0 Å². The monoisotopic (exact) mass is 291 g/mol. The fourth-order valence-corrected chi connectivity index (χ4v) is 3.91. The Bertz CT molecular complexity index is 389. The Kier molecular flexibility index (Phi) is 6.57. The molecule has 1 saturated carbocycles. The standard InChI is InChI=1S/C12H25N3O3S/c1-2-8-19(17,18)9-7-15(10-12(13)14-16)11-5-3-4-6-11/h11,16H,2-10H2,1H3,(H2,13,14). The van der Waals surface area contributed by atoms with Crippen LogP contribution in [0.4, 0.5) is 0 Å². The molecule has 3 N–H and O–H groups in total. The first-order valence-electron chi connectivity index (χ1n) is 6.89. The highest BCUT2D eigenvalue weighted by atomic mass is 32.2. The van der Waals surface area contributed by atoms with E-state index >= 15 is 0 Å². The summed E-state index contributed by atoms with van der Waals surface area (Å²) in [4.78, 5) is 2.04. The summed E-state index contributed by atoms with van der Waals surface area (Å²) in [5.74, 6) is 0.519. The fourth-order valence-electron chi connectivity index (χ4n) is 2.57. The van der Waals surface area contributed by atoms with Gasteiger partial charge in [0.15, 0.2) is 15.7 Å². The molecular formula is C12H25N3O3S. The van der Waals surface area contributed by atoms with Gasteiger partial charge in [0.05, 0.1) is 12.3 Å². The van der Waals surface area contributed by atoms with E-state index in [4.69, 9.17) is 10.9 Å². The smallest absolute Gasteiger partial charge is 0.153 e. The molecule has 0 radical (unpaired) electrons. The maximum absolute atomic E-state index is 11.8. The van der Waals surface area contributed by atoms with Crippen molar-refractivity contribution in [1.29, 1.82) is 0 Å². The van der Waals surface area contributed by atoms with Crippen molar-refractivity contribution < 1.29 is 13.6 Å². The van der Waals surface area contributed by atoms with Gasteiger partial charge in [-0.3, -0.25) is 4.90 Å². The number of hydrogen-bond acceptors (Lipinski definition) is 5. The van der Waals surface area contributed by atoms with Gasteiger partial charge in [-0.05, 0) is 19.3 Å². The van der Waals surface area contributed by atoms with Gasteiger partial charge in [-0.2, -0.15) is 0 Å². The lowest BCUT2D eigenvalue weighted by molar-refractivity contribution is 0.234. The number of nitrogens with zero attached hydrogens (tertiary/aromatic N) is 2. The molecule has 0 unspecified atom stereocenters. The number of hydrogen-bond donors (Lipinski definition) is 2. The third kappa shape index (κ3) is 5.78. The van der Waals surface area contributed by atoms with Crippen LogP contribution in [0.1, 0.15) is 39.0 Å². The van der Waals surface area contributed by atoms with E-state index in [1.165, 1.54) is 12.8 Å². The third-order valence-corrected chi connectivity index (χ3v) is 5.37. The van der Waals surface area contributed by atoms with Crippen LogP contribution in [-0.4, -0.2) is 55.0 Å². The summed E-state index contributed by atoms with van der Waals surface area (Å²) < 4.78 is 23.5. The highest BCUT2D eigenvalue weighted by Crippen LogP contribution is 2.23. The van der Waals surface area contributed by atoms with Crippen molar-refractivity contribution in [2.45, 2.75) is 45.1 Å². The van der Waals surface area contributed by atoms with E-state index in [0.717, 1.165) is 12.8 Å². The molecule has 112 valence electrons. The van der Waals surface area contributed by atoms with Crippen molar-refractivity contribution >= 4 is 15.7 Å². The lowest BCUT2D eigenvalue weighted by Gasteiger charge is -2.28. The van der Waals surface area contributed by atoms with E-state index in [1.807, 2.05) is 11.8 Å². The van der Waals surface area contributed by atoms with Crippen molar-refractivity contribution in [1.82, 2.24) is 4.90 Å². The first-order chi connectivity index (χ1) is 8.98. The van der Waals surface area contributed by atoms with Crippen LogP contribution < -0.4 is 5.73 Å². The largest absolute Gasteiger partial charge is 0.409 e. The van der Waals surface area contributed by atoms with E-state index in [-0.39, 0.29) is 17.3 Å². The minimum absolute atomic E-state index is 0.139. The van der Waals surface area contributed by atoms with E-state index in [2.05, 4.69) is 5.16 Å². The molecule has 0 atom stereocenters. The van der Waals surface area contributed by atoms with Crippen LogP contribution in [0.2, 0.25) is 0 Å². The molecule has 1 aliphatic carbocycles. The van der Waals surface area contributed by atoms with Crippen LogP contribution in [0.25, 0.3) is 0 Å². The summed E-state index contributed by atoms with van der Waals surface area (Å²) in [6.45, 7) is 2.66. The molecule has 0 heterocycles. The quantitative estimate of drug-likeness (QED) is 0.298. The minimum Gasteiger partial charge on any atom is -0.409 e. The van der Waals surface area contributed by atoms with Gasteiger partial charge in [-0.15, -0.1) is 0 Å². The second-order valence-corrected chi connectivity index (χ2v) is 7.46. The van der Waals surface area contributed by atoms with Gasteiger partial charge < -0.3 is 10.9 Å². The zero-order valence-electron chi connectivity index (χ0n) is 11.6. The molecule has 19 heavy (non-hydrogen) atoms. The van der Waals surface area contributed by atoms with Gasteiger partial charge in [0.25, 0.3) is 0 Å². The first kappa shape index (κ1) is 16.2. The molecule has 0 aliphatic heterocycles. The Morgan fingerprint density at radius 2 is 2.00 bits per heavy atom. The summed E-state index contributed by atoms with van der Waals surface area (Å²) in [6.07, 6.45) is 5.10. The normalized spacial score (nSPS) is 18.3. The molecule has 7 heteroatoms. The maximum Gasteiger partial charge on any atom is 0.153 e. The van der Waals surface area contributed by atoms with Crippen molar-refractivity contribution in [3.63, 3.8) is 0 Å². The van der Waals surface area contributed by atoms with Gasteiger partial charge in [0.1, 0.15) is 0 Å². The Morgan fingerprint density at radius 3 is 2.53 bits per heavy atom. The number of oxime groups is 1. The van der Waals surface area contributed by atoms with Crippen molar-refractivity contribution in [2.75, 3.05) is 24.6 Å². The van der Waals surface area contributed by atoms with Crippen LogP contribution in [-0.2, 0) is 9.84 Å². The molecule has 0 aromatic carbocycles. The van der Waals surface area contributed by atoms with E-state index in [0.29, 0.717) is 25.6 Å². The summed E-state index contributed by atoms with van der Waals surface area (Å²) in [5.41, 5.74) is 5.55. The topological polar surface area (TPSA) is 96.0 Å². The van der Waals surface area contributed by atoms with Gasteiger partial charge >= 0.3 is 0 Å². The first-order valence-corrected chi connectivity index (χ1v) is 8.71. The summed E-state index contributed by atoms with van der Waals surface area (Å²) in [5, 5.41) is 11.6. The molecule has 0 saturated heterocycles. The van der Waals surface area contributed by atoms with Crippen LogP contribution >= 0.6 is 0 Å². The van der Waals surface area contributed by atoms with Crippen LogP contribution in [0.3, 0.4) is 0 Å². The summed E-state index contributed by atoms with van der Waals surface area (Å²) in [7, 11) is -2.98. The van der Waals surface area contributed by atoms with E-state index in [9.17, 15) is 8.42 Å². The van der Waals surface area contributed by atoms with Crippen LogP contribution in [0, 0.1) is 0 Å². The summed E-state index contributed by atoms with van der Waals surface area (Å²) >= 11 is 0. The SMILES string of the molecule is CCCS(=O)(=O)CCN(CC(N)=NO)C1CCCC1. The van der Waals surface area contributed by atoms with E-state index < -0.39 is 9.84 Å². The molecule has 6 nitrogen and oxygen atoms in total. The number of rotatable bonds is 8. The molecule has 0 aromatic heterocycles. The lowest BCUT2D eigenvalue weighted by Crippen LogP contribution is -2.42. The van der Waals surface area contributed by atoms with Crippen LogP contribution in [0.15, 0.2) is 5.16 Å². The fraction of sp³-hybridized carbons (Fsp3) is 0.917. The predicted octanol–water partition coefficient (Wildman–Crippen LogP) is 0.802. The van der Waals surface area contributed by atoms with Gasteiger partial charge in [-0.25, -0.2) is 8.42 Å². The molecule has 0 bridgehead atoms. The average molecular weight is 291 g/mol. The predicted molar refractivity (Wildman–Crippen MR) is 76.2 cm³/mol. The second-order valence-electron chi connectivity index (χ2n) is 5.15.